The minimum atomic E-state index is -1.06. The third kappa shape index (κ3) is 3.29. The zero-order valence-corrected chi connectivity index (χ0v) is 12.6. The number of carbonyl (C=O) groups is 3. The van der Waals surface area contributed by atoms with Crippen LogP contribution in [-0.4, -0.2) is 43.8 Å². The molecule has 19 heavy (non-hydrogen) atoms. The Morgan fingerprint density at radius 2 is 1.95 bits per heavy atom. The van der Waals surface area contributed by atoms with Crippen molar-refractivity contribution in [3.05, 3.63) is 0 Å². The molecule has 1 unspecified atom stereocenters. The third-order valence-corrected chi connectivity index (χ3v) is 4.82. The van der Waals surface area contributed by atoms with Crippen molar-refractivity contribution in [3.8, 4) is 0 Å². The predicted octanol–water partition coefficient (Wildman–Crippen LogP) is 1.90. The highest BCUT2D eigenvalue weighted by atomic mass is 32.2. The molecule has 2 amide bonds. The quantitative estimate of drug-likeness (QED) is 0.755. The third-order valence-electron chi connectivity index (χ3n) is 3.40. The van der Waals surface area contributed by atoms with Crippen LogP contribution in [0.25, 0.3) is 0 Å². The second kappa shape index (κ2) is 5.94. The number of nitrogens with zero attached hydrogens (tertiary/aromatic N) is 1. The van der Waals surface area contributed by atoms with Gasteiger partial charge in [0.2, 0.25) is 11.8 Å². The van der Waals surface area contributed by atoms with Gasteiger partial charge < -0.3 is 5.11 Å². The Labute approximate surface area is 117 Å². The lowest BCUT2D eigenvalue weighted by Gasteiger charge is -2.25. The van der Waals surface area contributed by atoms with Crippen molar-refractivity contribution in [2.45, 2.75) is 63.0 Å². The van der Waals surface area contributed by atoms with Gasteiger partial charge in [0.25, 0.3) is 0 Å². The summed E-state index contributed by atoms with van der Waals surface area (Å²) in [5.74, 6) is -1.39. The van der Waals surface area contributed by atoms with Gasteiger partial charge in [-0.15, -0.1) is 11.8 Å². The molecule has 1 aliphatic rings. The predicted molar refractivity (Wildman–Crippen MR) is 73.9 cm³/mol. The number of likely N-dealkylation sites (tertiary alicyclic amines) is 1. The highest BCUT2D eigenvalue weighted by Crippen LogP contribution is 2.36. The van der Waals surface area contributed by atoms with E-state index in [2.05, 4.69) is 0 Å². The molecule has 0 aromatic carbocycles. The fraction of sp³-hybridized carbons (Fsp3) is 0.769. The number of imide groups is 1. The van der Waals surface area contributed by atoms with Crippen molar-refractivity contribution in [1.82, 2.24) is 4.90 Å². The summed E-state index contributed by atoms with van der Waals surface area (Å²) in [5.41, 5.74) is 0. The lowest BCUT2D eigenvalue weighted by Crippen LogP contribution is -2.41. The first-order valence-corrected chi connectivity index (χ1v) is 7.39. The van der Waals surface area contributed by atoms with Crippen LogP contribution in [0.1, 0.15) is 47.0 Å². The summed E-state index contributed by atoms with van der Waals surface area (Å²) in [5, 5.41) is 8.52. The summed E-state index contributed by atoms with van der Waals surface area (Å²) < 4.78 is -1.06. The summed E-state index contributed by atoms with van der Waals surface area (Å²) in [7, 11) is 0. The van der Waals surface area contributed by atoms with Crippen molar-refractivity contribution in [2.24, 2.45) is 0 Å². The maximum Gasteiger partial charge on any atom is 0.319 e. The molecule has 0 radical (unpaired) electrons. The van der Waals surface area contributed by atoms with Crippen molar-refractivity contribution in [1.29, 1.82) is 0 Å². The number of thioether (sulfide) groups is 1. The standard InChI is InChI=1S/C13H21NO4S/c1-5-8(6-2)14-10(15)7-9(11(14)16)19-13(3,4)12(17)18/h8-9H,5-7H2,1-4H3,(H,17,18). The summed E-state index contributed by atoms with van der Waals surface area (Å²) in [6.07, 6.45) is 1.57. The van der Waals surface area contributed by atoms with Crippen LogP contribution in [0.2, 0.25) is 0 Å². The van der Waals surface area contributed by atoms with Crippen LogP contribution in [-0.2, 0) is 14.4 Å². The summed E-state index contributed by atoms with van der Waals surface area (Å²) in [4.78, 5) is 36.6. The van der Waals surface area contributed by atoms with Crippen LogP contribution >= 0.6 is 11.8 Å². The number of rotatable bonds is 6. The molecule has 0 spiro atoms. The van der Waals surface area contributed by atoms with Crippen molar-refractivity contribution in [3.63, 3.8) is 0 Å². The Balaban J connectivity index is 2.84. The maximum atomic E-state index is 12.3. The molecule has 0 bridgehead atoms. The van der Waals surface area contributed by atoms with E-state index in [1.807, 2.05) is 13.8 Å². The zero-order valence-electron chi connectivity index (χ0n) is 11.8. The normalized spacial score (nSPS) is 20.5. The average Bonchev–Trinajstić information content (AvgIpc) is 2.57. The molecular weight excluding hydrogens is 266 g/mol. The first kappa shape index (κ1) is 16.0. The molecule has 1 saturated heterocycles. The topological polar surface area (TPSA) is 74.7 Å². The lowest BCUT2D eigenvalue weighted by atomic mass is 10.1. The van der Waals surface area contributed by atoms with E-state index >= 15 is 0 Å². The van der Waals surface area contributed by atoms with E-state index in [-0.39, 0.29) is 24.3 Å². The van der Waals surface area contributed by atoms with Crippen molar-refractivity contribution >= 4 is 29.5 Å². The summed E-state index contributed by atoms with van der Waals surface area (Å²) in [6, 6.07) is -0.0708. The zero-order chi connectivity index (χ0) is 14.8. The highest BCUT2D eigenvalue weighted by Gasteiger charge is 2.45. The van der Waals surface area contributed by atoms with Gasteiger partial charge in [-0.05, 0) is 26.7 Å². The number of aliphatic carboxylic acids is 1. The van der Waals surface area contributed by atoms with E-state index in [0.717, 1.165) is 24.6 Å². The fourth-order valence-electron chi connectivity index (χ4n) is 2.16. The average molecular weight is 287 g/mol. The number of carboxylic acid groups (broad SMARTS) is 1. The van der Waals surface area contributed by atoms with E-state index in [1.165, 1.54) is 4.90 Å². The molecule has 1 rings (SSSR count). The molecular formula is C13H21NO4S. The molecule has 1 heterocycles. The van der Waals surface area contributed by atoms with Gasteiger partial charge >= 0.3 is 5.97 Å². The Bertz CT molecular complexity index is 390. The van der Waals surface area contributed by atoms with E-state index in [0.29, 0.717) is 0 Å². The lowest BCUT2D eigenvalue weighted by molar-refractivity contribution is -0.141. The van der Waals surface area contributed by atoms with Crippen LogP contribution in [0.5, 0.6) is 0 Å². The molecule has 1 atom stereocenters. The molecule has 1 N–H and O–H groups in total. The fourth-order valence-corrected chi connectivity index (χ4v) is 3.41. The first-order valence-electron chi connectivity index (χ1n) is 6.51. The second-order valence-corrected chi connectivity index (χ2v) is 7.02. The van der Waals surface area contributed by atoms with Gasteiger partial charge in [-0.2, -0.15) is 0 Å². The van der Waals surface area contributed by atoms with Crippen LogP contribution < -0.4 is 0 Å². The van der Waals surface area contributed by atoms with Gasteiger partial charge in [-0.3, -0.25) is 19.3 Å². The Morgan fingerprint density at radius 1 is 1.42 bits per heavy atom. The van der Waals surface area contributed by atoms with Crippen LogP contribution in [0.15, 0.2) is 0 Å². The molecule has 1 aliphatic heterocycles. The van der Waals surface area contributed by atoms with E-state index in [1.54, 1.807) is 13.8 Å². The van der Waals surface area contributed by atoms with Crippen LogP contribution in [0.4, 0.5) is 0 Å². The Hall–Kier alpha value is -1.04. The Kier molecular flexibility index (Phi) is 5.01. The second-order valence-electron chi connectivity index (χ2n) is 5.20. The molecule has 1 fully saturated rings. The van der Waals surface area contributed by atoms with Crippen molar-refractivity contribution in [2.75, 3.05) is 0 Å². The molecule has 0 aromatic rings. The van der Waals surface area contributed by atoms with Crippen LogP contribution in [0.3, 0.4) is 0 Å². The summed E-state index contributed by atoms with van der Waals surface area (Å²) >= 11 is 1.06. The van der Waals surface area contributed by atoms with Crippen molar-refractivity contribution < 1.29 is 19.5 Å². The van der Waals surface area contributed by atoms with Gasteiger partial charge in [-0.25, -0.2) is 0 Å². The molecule has 0 saturated carbocycles. The Morgan fingerprint density at radius 3 is 2.37 bits per heavy atom. The number of carbonyl (C=O) groups excluding carboxylic acids is 2. The minimum absolute atomic E-state index is 0.0708. The molecule has 108 valence electrons. The molecule has 5 nitrogen and oxygen atoms in total. The smallest absolute Gasteiger partial charge is 0.319 e. The number of amides is 2. The SMILES string of the molecule is CCC(CC)N1C(=O)CC(SC(C)(C)C(=O)O)C1=O. The molecule has 0 aromatic heterocycles. The maximum absolute atomic E-state index is 12.3. The van der Waals surface area contributed by atoms with Gasteiger partial charge in [0.15, 0.2) is 0 Å². The van der Waals surface area contributed by atoms with Gasteiger partial charge in [-0.1, -0.05) is 13.8 Å². The number of hydrogen-bond donors (Lipinski definition) is 1. The van der Waals surface area contributed by atoms with Gasteiger partial charge in [0, 0.05) is 12.5 Å². The van der Waals surface area contributed by atoms with Gasteiger partial charge in [0.1, 0.15) is 4.75 Å². The number of hydrogen-bond acceptors (Lipinski definition) is 4. The van der Waals surface area contributed by atoms with Gasteiger partial charge in [0.05, 0.1) is 5.25 Å². The number of carboxylic acids is 1. The van der Waals surface area contributed by atoms with E-state index in [4.69, 9.17) is 5.11 Å². The highest BCUT2D eigenvalue weighted by molar-refractivity contribution is 8.02. The molecule has 6 heteroatoms. The monoisotopic (exact) mass is 287 g/mol. The largest absolute Gasteiger partial charge is 0.480 e. The molecule has 0 aliphatic carbocycles. The van der Waals surface area contributed by atoms with E-state index in [9.17, 15) is 14.4 Å². The summed E-state index contributed by atoms with van der Waals surface area (Å²) in [6.45, 7) is 6.99. The van der Waals surface area contributed by atoms with E-state index < -0.39 is 16.0 Å². The first-order chi connectivity index (χ1) is 8.74. The van der Waals surface area contributed by atoms with Crippen LogP contribution in [0, 0.1) is 0 Å². The minimum Gasteiger partial charge on any atom is -0.480 e.